The highest BCUT2D eigenvalue weighted by Gasteiger charge is 1.70. The van der Waals surface area contributed by atoms with Gasteiger partial charge < -0.3 is 5.73 Å². The van der Waals surface area contributed by atoms with E-state index in [1.54, 1.807) is 6.92 Å². The molecule has 0 radical (unpaired) electrons. The smallest absolute Gasteiger partial charge is 0.0771 e. The molecule has 52 valence electrons. The van der Waals surface area contributed by atoms with Gasteiger partial charge in [-0.25, -0.2) is 0 Å². The van der Waals surface area contributed by atoms with Gasteiger partial charge in [0.1, 0.15) is 0 Å². The zero-order valence-corrected chi connectivity index (χ0v) is 6.70. The monoisotopic (exact) mass is 137 g/mol. The normalized spacial score (nSPS) is 11.6. The number of hydrogen-bond acceptors (Lipinski definition) is 1. The van der Waals surface area contributed by atoms with Gasteiger partial charge >= 0.3 is 0 Å². The van der Waals surface area contributed by atoms with Crippen LogP contribution >= 0.6 is 11.6 Å². The summed E-state index contributed by atoms with van der Waals surface area (Å²) in [6.45, 7) is 6.07. The van der Waals surface area contributed by atoms with Gasteiger partial charge in [0.2, 0.25) is 0 Å². The Morgan fingerprint density at radius 3 is 1.50 bits per heavy atom. The minimum absolute atomic E-state index is 0.194. The summed E-state index contributed by atoms with van der Waals surface area (Å²) in [6, 6.07) is 0. The Hall–Kier alpha value is 0.250. The molecular formula is C6H16ClN. The number of halogens is 1. The van der Waals surface area contributed by atoms with E-state index in [-0.39, 0.29) is 5.50 Å². The van der Waals surface area contributed by atoms with E-state index < -0.39 is 0 Å². The van der Waals surface area contributed by atoms with Crippen LogP contribution in [0.3, 0.4) is 0 Å². The first kappa shape index (κ1) is 11.1. The predicted molar refractivity (Wildman–Crippen MR) is 40.1 cm³/mol. The maximum atomic E-state index is 5.05. The summed E-state index contributed by atoms with van der Waals surface area (Å²) in [6.07, 6.45) is 2.64. The molecule has 0 saturated carbocycles. The van der Waals surface area contributed by atoms with Gasteiger partial charge in [-0.2, -0.15) is 0 Å². The summed E-state index contributed by atoms with van der Waals surface area (Å²) < 4.78 is 0. The van der Waals surface area contributed by atoms with E-state index in [9.17, 15) is 0 Å². The highest BCUT2D eigenvalue weighted by atomic mass is 35.5. The second-order valence-corrected chi connectivity index (χ2v) is 2.37. The van der Waals surface area contributed by atoms with Gasteiger partial charge in [0, 0.05) is 0 Å². The van der Waals surface area contributed by atoms with E-state index in [2.05, 4.69) is 13.8 Å². The van der Waals surface area contributed by atoms with E-state index >= 15 is 0 Å². The first-order valence-corrected chi connectivity index (χ1v) is 3.48. The molecule has 2 N–H and O–H groups in total. The molecule has 1 nitrogen and oxygen atoms in total. The molecule has 8 heavy (non-hydrogen) atoms. The predicted octanol–water partition coefficient (Wildman–Crippen LogP) is 2.34. The van der Waals surface area contributed by atoms with Gasteiger partial charge in [-0.05, 0) is 6.92 Å². The lowest BCUT2D eigenvalue weighted by molar-refractivity contribution is 0.886. The zero-order chi connectivity index (χ0) is 6.99. The third-order valence-electron chi connectivity index (χ3n) is 0.500. The van der Waals surface area contributed by atoms with Crippen LogP contribution in [0, 0.1) is 0 Å². The highest BCUT2D eigenvalue weighted by molar-refractivity contribution is 6.19. The molecule has 2 heteroatoms. The van der Waals surface area contributed by atoms with E-state index in [1.807, 2.05) is 0 Å². The van der Waals surface area contributed by atoms with E-state index in [4.69, 9.17) is 17.3 Å². The van der Waals surface area contributed by atoms with Crippen LogP contribution in [-0.2, 0) is 0 Å². The van der Waals surface area contributed by atoms with Crippen LogP contribution in [-0.4, -0.2) is 5.50 Å². The SMILES string of the molecule is CC(N)Cl.CCCC. The Balaban J connectivity index is 0. The quantitative estimate of drug-likeness (QED) is 0.436. The van der Waals surface area contributed by atoms with Crippen molar-refractivity contribution in [2.45, 2.75) is 39.1 Å². The molecule has 0 aromatic carbocycles. The first-order valence-electron chi connectivity index (χ1n) is 3.04. The summed E-state index contributed by atoms with van der Waals surface area (Å²) in [5.74, 6) is 0. The highest BCUT2D eigenvalue weighted by Crippen LogP contribution is 1.76. The van der Waals surface area contributed by atoms with Crippen molar-refractivity contribution < 1.29 is 0 Å². The van der Waals surface area contributed by atoms with Gasteiger partial charge in [-0.1, -0.05) is 26.7 Å². The van der Waals surface area contributed by atoms with Gasteiger partial charge in [0.15, 0.2) is 0 Å². The molecule has 0 spiro atoms. The van der Waals surface area contributed by atoms with Crippen molar-refractivity contribution in [1.82, 2.24) is 0 Å². The number of unbranched alkanes of at least 4 members (excludes halogenated alkanes) is 1. The van der Waals surface area contributed by atoms with E-state index in [0.29, 0.717) is 0 Å². The summed E-state index contributed by atoms with van der Waals surface area (Å²) in [4.78, 5) is 0. The van der Waals surface area contributed by atoms with Crippen LogP contribution < -0.4 is 5.73 Å². The van der Waals surface area contributed by atoms with Crippen LogP contribution in [0.15, 0.2) is 0 Å². The summed E-state index contributed by atoms with van der Waals surface area (Å²) in [5, 5.41) is 0. The number of hydrogen-bond donors (Lipinski definition) is 1. The maximum Gasteiger partial charge on any atom is 0.0771 e. The Kier molecular flexibility index (Phi) is 14.3. The molecule has 0 saturated heterocycles. The first-order chi connectivity index (χ1) is 3.65. The Labute approximate surface area is 57.2 Å². The molecule has 0 rings (SSSR count). The van der Waals surface area contributed by atoms with Crippen molar-refractivity contribution in [2.24, 2.45) is 5.73 Å². The van der Waals surface area contributed by atoms with Crippen LogP contribution in [0.4, 0.5) is 0 Å². The molecule has 0 aromatic rings. The van der Waals surface area contributed by atoms with Gasteiger partial charge in [-0.15, -0.1) is 11.6 Å². The van der Waals surface area contributed by atoms with Gasteiger partial charge in [-0.3, -0.25) is 0 Å². The maximum absolute atomic E-state index is 5.05. The fourth-order valence-electron chi connectivity index (χ4n) is 0. The molecule has 0 aliphatic carbocycles. The lowest BCUT2D eigenvalue weighted by Crippen LogP contribution is -2.03. The Bertz CT molecular complexity index is 25.0. The molecule has 1 unspecified atom stereocenters. The van der Waals surface area contributed by atoms with Crippen LogP contribution in [0.2, 0.25) is 0 Å². The van der Waals surface area contributed by atoms with Crippen molar-refractivity contribution in [3.8, 4) is 0 Å². The van der Waals surface area contributed by atoms with Gasteiger partial charge in [0.05, 0.1) is 5.50 Å². The minimum atomic E-state index is -0.194. The lowest BCUT2D eigenvalue weighted by Gasteiger charge is -1.78. The third-order valence-corrected chi connectivity index (χ3v) is 0.500. The molecule has 0 bridgehead atoms. The topological polar surface area (TPSA) is 26.0 Å². The third kappa shape index (κ3) is 110. The minimum Gasteiger partial charge on any atom is -0.316 e. The fourth-order valence-corrected chi connectivity index (χ4v) is 0. The van der Waals surface area contributed by atoms with E-state index in [0.717, 1.165) is 0 Å². The molecule has 0 aliphatic heterocycles. The molecular weight excluding hydrogens is 122 g/mol. The largest absolute Gasteiger partial charge is 0.316 e. The molecule has 0 fully saturated rings. The summed E-state index contributed by atoms with van der Waals surface area (Å²) in [7, 11) is 0. The average Bonchev–Trinajstić information content (AvgIpc) is 1.65. The van der Waals surface area contributed by atoms with Crippen LogP contribution in [0.5, 0.6) is 0 Å². The number of alkyl halides is 1. The Morgan fingerprint density at radius 1 is 1.38 bits per heavy atom. The van der Waals surface area contributed by atoms with Crippen LogP contribution in [0.1, 0.15) is 33.6 Å². The van der Waals surface area contributed by atoms with Crippen molar-refractivity contribution in [3.05, 3.63) is 0 Å². The van der Waals surface area contributed by atoms with Crippen LogP contribution in [0.25, 0.3) is 0 Å². The van der Waals surface area contributed by atoms with Gasteiger partial charge in [0.25, 0.3) is 0 Å². The summed E-state index contributed by atoms with van der Waals surface area (Å²) in [5.41, 5.74) is 4.68. The zero-order valence-electron chi connectivity index (χ0n) is 5.95. The van der Waals surface area contributed by atoms with Crippen molar-refractivity contribution >= 4 is 11.6 Å². The molecule has 1 atom stereocenters. The van der Waals surface area contributed by atoms with Crippen molar-refractivity contribution in [3.63, 3.8) is 0 Å². The average molecular weight is 138 g/mol. The molecule has 0 heterocycles. The standard InChI is InChI=1S/C4H10.C2H6ClN/c1-3-4-2;1-2(3)4/h3-4H2,1-2H3;2H,4H2,1H3. The summed E-state index contributed by atoms with van der Waals surface area (Å²) >= 11 is 5.05. The lowest BCUT2D eigenvalue weighted by atomic mass is 10.4. The van der Waals surface area contributed by atoms with Crippen molar-refractivity contribution in [2.75, 3.05) is 0 Å². The Morgan fingerprint density at radius 2 is 1.50 bits per heavy atom. The number of nitrogens with two attached hydrogens (primary N) is 1. The number of rotatable bonds is 1. The molecule has 0 aromatic heterocycles. The second kappa shape index (κ2) is 10.3. The fraction of sp³-hybridized carbons (Fsp3) is 1.00. The second-order valence-electron chi connectivity index (χ2n) is 1.68. The molecule has 0 aliphatic rings. The van der Waals surface area contributed by atoms with Crippen molar-refractivity contribution in [1.29, 1.82) is 0 Å². The molecule has 0 amide bonds. The van der Waals surface area contributed by atoms with E-state index in [1.165, 1.54) is 12.8 Å².